The molecule has 1 saturated heterocycles. The van der Waals surface area contributed by atoms with Gasteiger partial charge in [-0.3, -0.25) is 9.59 Å². The van der Waals surface area contributed by atoms with Gasteiger partial charge in [0.15, 0.2) is 0 Å². The Morgan fingerprint density at radius 1 is 1.12 bits per heavy atom. The molecular formula is C22H29F3N2O5S. The molecule has 1 aliphatic heterocycles. The Kier molecular flexibility index (Phi) is 8.04. The van der Waals surface area contributed by atoms with E-state index in [0.29, 0.717) is 4.90 Å². The maximum Gasteiger partial charge on any atom is 0.406 e. The van der Waals surface area contributed by atoms with Gasteiger partial charge in [0, 0.05) is 25.6 Å². The van der Waals surface area contributed by atoms with Crippen molar-refractivity contribution in [1.82, 2.24) is 9.21 Å². The van der Waals surface area contributed by atoms with E-state index >= 15 is 0 Å². The number of benzene rings is 1. The summed E-state index contributed by atoms with van der Waals surface area (Å²) in [6, 6.07) is 5.18. The second kappa shape index (κ2) is 10.4. The van der Waals surface area contributed by atoms with E-state index in [1.165, 1.54) is 9.87 Å². The van der Waals surface area contributed by atoms with E-state index in [0.717, 1.165) is 38.4 Å². The van der Waals surface area contributed by atoms with Gasteiger partial charge in [-0.05, 0) is 61.8 Å². The highest BCUT2D eigenvalue weighted by molar-refractivity contribution is 7.89. The topological polar surface area (TPSA) is 84.0 Å². The van der Waals surface area contributed by atoms with Crippen LogP contribution in [0.2, 0.25) is 0 Å². The average Bonchev–Trinajstić information content (AvgIpc) is 2.80. The van der Waals surface area contributed by atoms with Crippen LogP contribution in [-0.2, 0) is 37.2 Å². The van der Waals surface area contributed by atoms with Crippen LogP contribution in [0.15, 0.2) is 23.1 Å². The van der Waals surface area contributed by atoms with Crippen molar-refractivity contribution in [2.45, 2.75) is 56.0 Å². The van der Waals surface area contributed by atoms with E-state index in [9.17, 15) is 31.2 Å². The zero-order valence-electron chi connectivity index (χ0n) is 18.6. The standard InChI is InChI=1S/C22H29F3N2O5S/c1-32-20(28)10-11-26(15-22(23,24)25)21(29)17-8-12-27(13-9-17)33(30,31)19-7-6-16-4-2-3-5-18(16)14-19/h6-7,14,17H,2-5,8-13,15H2,1H3. The predicted molar refractivity (Wildman–Crippen MR) is 114 cm³/mol. The minimum atomic E-state index is -4.61. The lowest BCUT2D eigenvalue weighted by Gasteiger charge is -2.34. The van der Waals surface area contributed by atoms with Crippen molar-refractivity contribution in [1.29, 1.82) is 0 Å². The number of esters is 1. The quantitative estimate of drug-likeness (QED) is 0.549. The molecule has 1 aromatic carbocycles. The van der Waals surface area contributed by atoms with Crippen molar-refractivity contribution in [3.05, 3.63) is 29.3 Å². The summed E-state index contributed by atoms with van der Waals surface area (Å²) in [6.45, 7) is -1.77. The first kappa shape index (κ1) is 25.5. The maximum atomic E-state index is 13.1. The summed E-state index contributed by atoms with van der Waals surface area (Å²) < 4.78 is 70.9. The van der Waals surface area contributed by atoms with E-state index < -0.39 is 47.1 Å². The third-order valence-electron chi connectivity index (χ3n) is 6.26. The SMILES string of the molecule is COC(=O)CCN(CC(F)(F)F)C(=O)C1CCN(S(=O)(=O)c2ccc3c(c2)CCCC3)CC1. The van der Waals surface area contributed by atoms with Crippen LogP contribution < -0.4 is 0 Å². The Labute approximate surface area is 191 Å². The number of piperidine rings is 1. The number of halogens is 3. The van der Waals surface area contributed by atoms with Crippen LogP contribution in [0.5, 0.6) is 0 Å². The molecule has 7 nitrogen and oxygen atoms in total. The minimum absolute atomic E-state index is 0.0483. The molecule has 0 spiro atoms. The average molecular weight is 491 g/mol. The number of fused-ring (bicyclic) bond motifs is 1. The van der Waals surface area contributed by atoms with Crippen LogP contribution in [0, 0.1) is 5.92 Å². The van der Waals surface area contributed by atoms with Crippen molar-refractivity contribution in [2.24, 2.45) is 5.92 Å². The number of hydrogen-bond acceptors (Lipinski definition) is 5. The molecule has 33 heavy (non-hydrogen) atoms. The number of hydrogen-bond donors (Lipinski definition) is 0. The van der Waals surface area contributed by atoms with Crippen LogP contribution in [-0.4, -0.2) is 69.0 Å². The molecule has 1 aromatic rings. The van der Waals surface area contributed by atoms with Crippen LogP contribution in [0.1, 0.15) is 43.2 Å². The molecule has 11 heteroatoms. The van der Waals surface area contributed by atoms with E-state index in [1.54, 1.807) is 12.1 Å². The lowest BCUT2D eigenvalue weighted by Crippen LogP contribution is -2.47. The molecule has 0 bridgehead atoms. The highest BCUT2D eigenvalue weighted by Gasteiger charge is 2.38. The van der Waals surface area contributed by atoms with Crippen LogP contribution >= 0.6 is 0 Å². The van der Waals surface area contributed by atoms with Gasteiger partial charge in [0.1, 0.15) is 6.54 Å². The summed E-state index contributed by atoms with van der Waals surface area (Å²) in [5.74, 6) is -2.16. The number of nitrogens with zero attached hydrogens (tertiary/aromatic N) is 2. The fourth-order valence-electron chi connectivity index (χ4n) is 4.43. The summed E-state index contributed by atoms with van der Waals surface area (Å²) in [5, 5.41) is 0. The maximum absolute atomic E-state index is 13.1. The molecule has 184 valence electrons. The van der Waals surface area contributed by atoms with Gasteiger partial charge in [-0.25, -0.2) is 8.42 Å². The molecule has 0 atom stereocenters. The number of alkyl halides is 3. The summed E-state index contributed by atoms with van der Waals surface area (Å²) in [4.78, 5) is 24.9. The smallest absolute Gasteiger partial charge is 0.406 e. The number of methoxy groups -OCH3 is 1. The van der Waals surface area contributed by atoms with E-state index in [2.05, 4.69) is 4.74 Å². The molecule has 1 aliphatic carbocycles. The number of amides is 1. The minimum Gasteiger partial charge on any atom is -0.469 e. The molecule has 1 heterocycles. The lowest BCUT2D eigenvalue weighted by atomic mass is 9.92. The zero-order chi connectivity index (χ0) is 24.2. The molecule has 3 rings (SSSR count). The second-order valence-electron chi connectivity index (χ2n) is 8.52. The van der Waals surface area contributed by atoms with Gasteiger partial charge in [-0.2, -0.15) is 17.5 Å². The van der Waals surface area contributed by atoms with E-state index in [-0.39, 0.29) is 37.2 Å². The fourth-order valence-corrected chi connectivity index (χ4v) is 5.95. The van der Waals surface area contributed by atoms with Gasteiger partial charge in [-0.1, -0.05) is 6.07 Å². The molecule has 0 aromatic heterocycles. The van der Waals surface area contributed by atoms with Gasteiger partial charge in [0.05, 0.1) is 18.4 Å². The number of carbonyl (C=O) groups is 2. The summed E-state index contributed by atoms with van der Waals surface area (Å²) in [5.41, 5.74) is 2.21. The normalized spacial score (nSPS) is 17.9. The second-order valence-corrected chi connectivity index (χ2v) is 10.5. The monoisotopic (exact) mass is 490 g/mol. The highest BCUT2D eigenvalue weighted by atomic mass is 32.2. The van der Waals surface area contributed by atoms with Gasteiger partial charge in [0.2, 0.25) is 15.9 Å². The number of rotatable bonds is 7. The highest BCUT2D eigenvalue weighted by Crippen LogP contribution is 2.29. The van der Waals surface area contributed by atoms with E-state index in [1.807, 2.05) is 6.07 Å². The molecular weight excluding hydrogens is 461 g/mol. The Morgan fingerprint density at radius 2 is 1.76 bits per heavy atom. The Hall–Kier alpha value is -2.14. The zero-order valence-corrected chi connectivity index (χ0v) is 19.4. The number of ether oxygens (including phenoxy) is 1. The Morgan fingerprint density at radius 3 is 2.36 bits per heavy atom. The summed E-state index contributed by atoms with van der Waals surface area (Å²) in [6.07, 6.45) is -0.819. The first-order valence-electron chi connectivity index (χ1n) is 11.1. The first-order valence-corrected chi connectivity index (χ1v) is 12.5. The van der Waals surface area contributed by atoms with Crippen molar-refractivity contribution in [3.8, 4) is 0 Å². The molecule has 2 aliphatic rings. The number of sulfonamides is 1. The predicted octanol–water partition coefficient (Wildman–Crippen LogP) is 2.92. The van der Waals surface area contributed by atoms with Crippen LogP contribution in [0.4, 0.5) is 13.2 Å². The van der Waals surface area contributed by atoms with Crippen molar-refractivity contribution >= 4 is 21.9 Å². The van der Waals surface area contributed by atoms with Crippen LogP contribution in [0.3, 0.4) is 0 Å². The largest absolute Gasteiger partial charge is 0.469 e. The molecule has 0 unspecified atom stereocenters. The Balaban J connectivity index is 1.65. The van der Waals surface area contributed by atoms with Gasteiger partial charge in [0.25, 0.3) is 0 Å². The van der Waals surface area contributed by atoms with Gasteiger partial charge < -0.3 is 9.64 Å². The van der Waals surface area contributed by atoms with E-state index in [4.69, 9.17) is 0 Å². The molecule has 0 N–H and O–H groups in total. The third-order valence-corrected chi connectivity index (χ3v) is 8.15. The molecule has 0 radical (unpaired) electrons. The third kappa shape index (κ3) is 6.47. The molecule has 0 saturated carbocycles. The van der Waals surface area contributed by atoms with Crippen molar-refractivity contribution in [2.75, 3.05) is 33.3 Å². The number of carbonyl (C=O) groups excluding carboxylic acids is 2. The Bertz CT molecular complexity index is 973. The summed E-state index contributed by atoms with van der Waals surface area (Å²) >= 11 is 0. The van der Waals surface area contributed by atoms with Crippen molar-refractivity contribution < 1.29 is 35.9 Å². The summed E-state index contributed by atoms with van der Waals surface area (Å²) in [7, 11) is -2.63. The van der Waals surface area contributed by atoms with Crippen LogP contribution in [0.25, 0.3) is 0 Å². The number of aryl methyl sites for hydroxylation is 2. The fraction of sp³-hybridized carbons (Fsp3) is 0.636. The van der Waals surface area contributed by atoms with Gasteiger partial charge >= 0.3 is 12.1 Å². The first-order chi connectivity index (χ1) is 15.5. The molecule has 1 amide bonds. The lowest BCUT2D eigenvalue weighted by molar-refractivity contribution is -0.165. The van der Waals surface area contributed by atoms with Crippen molar-refractivity contribution in [3.63, 3.8) is 0 Å². The molecule has 1 fully saturated rings. The van der Waals surface area contributed by atoms with Gasteiger partial charge in [-0.15, -0.1) is 0 Å².